The molecule has 1 aromatic rings. The Morgan fingerprint density at radius 3 is 2.63 bits per heavy atom. The molecule has 6 heteroatoms. The summed E-state index contributed by atoms with van der Waals surface area (Å²) < 4.78 is 5.49. The first kappa shape index (κ1) is 18.0. The molecule has 0 spiro atoms. The molecule has 1 amide bonds. The van der Waals surface area contributed by atoms with E-state index in [1.54, 1.807) is 19.1 Å². The number of amides is 1. The number of rotatable bonds is 6. The van der Waals surface area contributed by atoms with Crippen molar-refractivity contribution in [2.75, 3.05) is 6.54 Å². The Morgan fingerprint density at radius 2 is 2.05 bits per heavy atom. The van der Waals surface area contributed by atoms with E-state index in [1.165, 1.54) is 0 Å². The van der Waals surface area contributed by atoms with Gasteiger partial charge in [0.2, 0.25) is 0 Å². The molecule has 1 rings (SSSR count). The van der Waals surface area contributed by atoms with Crippen LogP contribution in [-0.2, 0) is 4.79 Å². The summed E-state index contributed by atoms with van der Waals surface area (Å²) in [7, 11) is 0. The third kappa shape index (κ3) is 6.66. The maximum atomic E-state index is 11.7. The topological polar surface area (TPSA) is 64.3 Å². The molecule has 0 aliphatic carbocycles. The molecule has 0 aromatic heterocycles. The first-order valence-corrected chi connectivity index (χ1v) is 6.33. The van der Waals surface area contributed by atoms with Gasteiger partial charge in [-0.05, 0) is 32.4 Å². The van der Waals surface area contributed by atoms with Gasteiger partial charge in [-0.3, -0.25) is 4.79 Å². The molecule has 4 nitrogen and oxygen atoms in total. The summed E-state index contributed by atoms with van der Waals surface area (Å²) in [6.07, 6.45) is 0.155. The highest BCUT2D eigenvalue weighted by atomic mass is 35.5. The number of ether oxygens (including phenoxy) is 1. The van der Waals surface area contributed by atoms with E-state index in [0.29, 0.717) is 17.3 Å². The minimum absolute atomic E-state index is 0. The van der Waals surface area contributed by atoms with Crippen molar-refractivity contribution in [1.29, 1.82) is 0 Å². The summed E-state index contributed by atoms with van der Waals surface area (Å²) in [5.41, 5.74) is 5.60. The van der Waals surface area contributed by atoms with E-state index in [0.717, 1.165) is 6.42 Å². The Bertz CT molecular complexity index is 400. The van der Waals surface area contributed by atoms with Gasteiger partial charge in [-0.15, -0.1) is 12.4 Å². The average Bonchev–Trinajstić information content (AvgIpc) is 2.31. The predicted octanol–water partition coefficient (Wildman–Crippen LogP) is 2.38. The van der Waals surface area contributed by atoms with Crippen molar-refractivity contribution in [3.63, 3.8) is 0 Å². The van der Waals surface area contributed by atoms with Crippen molar-refractivity contribution < 1.29 is 9.53 Å². The summed E-state index contributed by atoms with van der Waals surface area (Å²) in [6.45, 7) is 4.13. The van der Waals surface area contributed by atoms with Gasteiger partial charge in [0.05, 0.1) is 5.02 Å². The van der Waals surface area contributed by atoms with E-state index in [-0.39, 0.29) is 24.4 Å². The van der Waals surface area contributed by atoms with Crippen molar-refractivity contribution in [3.8, 4) is 5.75 Å². The fourth-order valence-electron chi connectivity index (χ4n) is 1.35. The number of hydrogen-bond acceptors (Lipinski definition) is 3. The number of benzene rings is 1. The van der Waals surface area contributed by atoms with E-state index in [1.807, 2.05) is 19.1 Å². The average molecular weight is 307 g/mol. The Kier molecular flexibility index (Phi) is 8.56. The number of carbonyl (C=O) groups excluding carboxylic acids is 1. The molecule has 2 unspecified atom stereocenters. The molecule has 0 bridgehead atoms. The second kappa shape index (κ2) is 9.02. The van der Waals surface area contributed by atoms with Crippen LogP contribution in [0.15, 0.2) is 24.3 Å². The van der Waals surface area contributed by atoms with Gasteiger partial charge in [0, 0.05) is 12.6 Å². The molecule has 0 saturated carbocycles. The number of nitrogens with two attached hydrogens (primary N) is 1. The fraction of sp³-hybridized carbons (Fsp3) is 0.462. The zero-order chi connectivity index (χ0) is 13.5. The van der Waals surface area contributed by atoms with Gasteiger partial charge in [-0.1, -0.05) is 23.7 Å². The summed E-state index contributed by atoms with van der Waals surface area (Å²) in [5.74, 6) is 0.338. The summed E-state index contributed by atoms with van der Waals surface area (Å²) in [4.78, 5) is 11.7. The van der Waals surface area contributed by atoms with Gasteiger partial charge in [-0.25, -0.2) is 0 Å². The maximum absolute atomic E-state index is 11.7. The van der Waals surface area contributed by atoms with Crippen molar-refractivity contribution in [2.24, 2.45) is 5.73 Å². The van der Waals surface area contributed by atoms with E-state index in [2.05, 4.69) is 5.32 Å². The van der Waals surface area contributed by atoms with Gasteiger partial charge < -0.3 is 15.8 Å². The Morgan fingerprint density at radius 1 is 1.42 bits per heavy atom. The number of para-hydroxylation sites is 1. The van der Waals surface area contributed by atoms with Crippen LogP contribution in [-0.4, -0.2) is 24.6 Å². The lowest BCUT2D eigenvalue weighted by Gasteiger charge is -2.15. The van der Waals surface area contributed by atoms with E-state index in [4.69, 9.17) is 22.1 Å². The van der Waals surface area contributed by atoms with Crippen molar-refractivity contribution >= 4 is 29.9 Å². The van der Waals surface area contributed by atoms with Crippen LogP contribution < -0.4 is 15.8 Å². The summed E-state index contributed by atoms with van der Waals surface area (Å²) in [6, 6.07) is 7.14. The maximum Gasteiger partial charge on any atom is 0.260 e. The third-order valence-corrected chi connectivity index (χ3v) is 2.72. The second-order valence-electron chi connectivity index (χ2n) is 4.25. The minimum atomic E-state index is -0.585. The van der Waals surface area contributed by atoms with E-state index < -0.39 is 6.10 Å². The monoisotopic (exact) mass is 306 g/mol. The molecule has 0 heterocycles. The second-order valence-corrected chi connectivity index (χ2v) is 4.65. The van der Waals surface area contributed by atoms with Crippen molar-refractivity contribution in [2.45, 2.75) is 32.4 Å². The lowest BCUT2D eigenvalue weighted by atomic mass is 10.2. The van der Waals surface area contributed by atoms with E-state index >= 15 is 0 Å². The van der Waals surface area contributed by atoms with Crippen molar-refractivity contribution in [3.05, 3.63) is 29.3 Å². The molecule has 0 saturated heterocycles. The molecule has 0 radical (unpaired) electrons. The zero-order valence-electron chi connectivity index (χ0n) is 11.1. The van der Waals surface area contributed by atoms with Gasteiger partial charge in [0.25, 0.3) is 5.91 Å². The first-order valence-electron chi connectivity index (χ1n) is 5.95. The number of carbonyl (C=O) groups is 1. The Balaban J connectivity index is 0.00000324. The molecule has 1 aromatic carbocycles. The molecule has 19 heavy (non-hydrogen) atoms. The first-order chi connectivity index (χ1) is 8.50. The summed E-state index contributed by atoms with van der Waals surface area (Å²) in [5, 5.41) is 3.26. The SMILES string of the molecule is CC(N)CCNC(=O)C(C)Oc1ccccc1Cl.Cl. The number of nitrogens with one attached hydrogen (secondary N) is 1. The van der Waals surface area contributed by atoms with Crippen LogP contribution in [0.2, 0.25) is 5.02 Å². The Labute approximate surface area is 125 Å². The quantitative estimate of drug-likeness (QED) is 0.848. The zero-order valence-corrected chi connectivity index (χ0v) is 12.6. The third-order valence-electron chi connectivity index (χ3n) is 2.41. The summed E-state index contributed by atoms with van der Waals surface area (Å²) >= 11 is 5.95. The highest BCUT2D eigenvalue weighted by molar-refractivity contribution is 6.32. The molecule has 2 atom stereocenters. The molecular weight excluding hydrogens is 287 g/mol. The molecular formula is C13H20Cl2N2O2. The number of hydrogen-bond donors (Lipinski definition) is 2. The van der Waals surface area contributed by atoms with E-state index in [9.17, 15) is 4.79 Å². The van der Waals surface area contributed by atoms with Crippen LogP contribution in [0, 0.1) is 0 Å². The van der Waals surface area contributed by atoms with Gasteiger partial charge >= 0.3 is 0 Å². The van der Waals surface area contributed by atoms with Gasteiger partial charge in [0.15, 0.2) is 6.10 Å². The minimum Gasteiger partial charge on any atom is -0.479 e. The molecule has 0 aliphatic heterocycles. The normalized spacial score (nSPS) is 13.1. The predicted molar refractivity (Wildman–Crippen MR) is 80.1 cm³/mol. The number of halogens is 2. The van der Waals surface area contributed by atoms with Crippen LogP contribution in [0.25, 0.3) is 0 Å². The van der Waals surface area contributed by atoms with Crippen LogP contribution in [0.5, 0.6) is 5.75 Å². The fourth-order valence-corrected chi connectivity index (χ4v) is 1.53. The largest absolute Gasteiger partial charge is 0.479 e. The Hall–Kier alpha value is -0.970. The highest BCUT2D eigenvalue weighted by Crippen LogP contribution is 2.24. The van der Waals surface area contributed by atoms with Crippen molar-refractivity contribution in [1.82, 2.24) is 5.32 Å². The standard InChI is InChI=1S/C13H19ClN2O2.ClH/c1-9(15)7-8-16-13(17)10(2)18-12-6-4-3-5-11(12)14;/h3-6,9-10H,7-8,15H2,1-2H3,(H,16,17);1H. The highest BCUT2D eigenvalue weighted by Gasteiger charge is 2.15. The van der Waals surface area contributed by atoms with Crippen LogP contribution in [0.4, 0.5) is 0 Å². The molecule has 0 fully saturated rings. The van der Waals surface area contributed by atoms with Gasteiger partial charge in [0.1, 0.15) is 5.75 Å². The van der Waals surface area contributed by atoms with Crippen LogP contribution >= 0.6 is 24.0 Å². The van der Waals surface area contributed by atoms with Gasteiger partial charge in [-0.2, -0.15) is 0 Å². The molecule has 3 N–H and O–H groups in total. The lowest BCUT2D eigenvalue weighted by Crippen LogP contribution is -2.38. The lowest BCUT2D eigenvalue weighted by molar-refractivity contribution is -0.127. The van der Waals surface area contributed by atoms with Crippen LogP contribution in [0.1, 0.15) is 20.3 Å². The molecule has 108 valence electrons. The molecule has 0 aliphatic rings. The van der Waals surface area contributed by atoms with Crippen LogP contribution in [0.3, 0.4) is 0 Å². The smallest absolute Gasteiger partial charge is 0.260 e.